The smallest absolute Gasteiger partial charge is 0.250 e. The number of pyridine rings is 1. The van der Waals surface area contributed by atoms with Crippen LogP contribution in [0.3, 0.4) is 0 Å². The van der Waals surface area contributed by atoms with Crippen LogP contribution in [-0.4, -0.2) is 48.7 Å². The van der Waals surface area contributed by atoms with E-state index < -0.39 is 0 Å². The van der Waals surface area contributed by atoms with Gasteiger partial charge in [-0.1, -0.05) is 37.3 Å². The molecule has 3 rings (SSSR count). The SMILES string of the molecule is CN=C(NCCCN1CCC(C)CC1)NCc1ccc(Cn2ccccc2=O)cc1. The van der Waals surface area contributed by atoms with Crippen LogP contribution < -0.4 is 16.2 Å². The molecular formula is C24H35N5O. The minimum atomic E-state index is 0.0213. The summed E-state index contributed by atoms with van der Waals surface area (Å²) < 4.78 is 1.71. The molecule has 0 radical (unpaired) electrons. The van der Waals surface area contributed by atoms with Crippen LogP contribution in [0.1, 0.15) is 37.3 Å². The summed E-state index contributed by atoms with van der Waals surface area (Å²) in [4.78, 5) is 18.7. The fourth-order valence-corrected chi connectivity index (χ4v) is 3.75. The van der Waals surface area contributed by atoms with Crippen molar-refractivity contribution in [2.75, 3.05) is 33.2 Å². The molecule has 0 amide bonds. The van der Waals surface area contributed by atoms with Crippen molar-refractivity contribution in [1.82, 2.24) is 20.1 Å². The average Bonchev–Trinajstić information content (AvgIpc) is 2.77. The predicted octanol–water partition coefficient (Wildman–Crippen LogP) is 2.68. The standard InChI is InChI=1S/C24H35N5O/c1-20-11-16-28(17-12-20)14-5-13-26-24(25-2)27-18-21-7-9-22(10-8-21)19-29-15-4-3-6-23(29)30/h3-4,6-10,15,20H,5,11-14,16-19H2,1-2H3,(H2,25,26,27). The Morgan fingerprint density at radius 2 is 1.80 bits per heavy atom. The van der Waals surface area contributed by atoms with Crippen LogP contribution >= 0.6 is 0 Å². The zero-order valence-corrected chi connectivity index (χ0v) is 18.3. The Morgan fingerprint density at radius 1 is 1.07 bits per heavy atom. The van der Waals surface area contributed by atoms with E-state index in [-0.39, 0.29) is 5.56 Å². The second-order valence-electron chi connectivity index (χ2n) is 8.21. The van der Waals surface area contributed by atoms with E-state index in [1.807, 2.05) is 19.3 Å². The van der Waals surface area contributed by atoms with Crippen molar-refractivity contribution in [1.29, 1.82) is 0 Å². The maximum absolute atomic E-state index is 11.8. The quantitative estimate of drug-likeness (QED) is 0.400. The Labute approximate surface area is 180 Å². The molecule has 0 bridgehead atoms. The summed E-state index contributed by atoms with van der Waals surface area (Å²) >= 11 is 0. The molecule has 2 N–H and O–H groups in total. The second-order valence-corrected chi connectivity index (χ2v) is 8.21. The number of likely N-dealkylation sites (tertiary alicyclic amines) is 1. The number of nitrogens with zero attached hydrogens (tertiary/aromatic N) is 3. The molecule has 2 heterocycles. The maximum Gasteiger partial charge on any atom is 0.250 e. The molecule has 30 heavy (non-hydrogen) atoms. The van der Waals surface area contributed by atoms with Crippen molar-refractivity contribution in [3.63, 3.8) is 0 Å². The van der Waals surface area contributed by atoms with E-state index in [0.29, 0.717) is 6.54 Å². The van der Waals surface area contributed by atoms with Crippen LogP contribution in [0.15, 0.2) is 58.4 Å². The number of nitrogens with one attached hydrogen (secondary N) is 2. The molecule has 162 valence electrons. The minimum absolute atomic E-state index is 0.0213. The average molecular weight is 410 g/mol. The molecule has 0 saturated carbocycles. The molecule has 6 heteroatoms. The monoisotopic (exact) mass is 409 g/mol. The molecule has 1 saturated heterocycles. The van der Waals surface area contributed by atoms with Gasteiger partial charge in [-0.15, -0.1) is 0 Å². The Kier molecular flexibility index (Phi) is 8.51. The molecule has 1 aromatic carbocycles. The van der Waals surface area contributed by atoms with Gasteiger partial charge in [0.1, 0.15) is 0 Å². The van der Waals surface area contributed by atoms with E-state index in [9.17, 15) is 4.79 Å². The highest BCUT2D eigenvalue weighted by Crippen LogP contribution is 2.15. The number of aromatic nitrogens is 1. The first-order chi connectivity index (χ1) is 14.6. The third-order valence-electron chi connectivity index (χ3n) is 5.78. The van der Waals surface area contributed by atoms with Gasteiger partial charge in [0.25, 0.3) is 5.56 Å². The molecule has 0 unspecified atom stereocenters. The van der Waals surface area contributed by atoms with Gasteiger partial charge < -0.3 is 20.1 Å². The van der Waals surface area contributed by atoms with Crippen LogP contribution in [0.5, 0.6) is 0 Å². The van der Waals surface area contributed by atoms with E-state index in [1.54, 1.807) is 16.7 Å². The van der Waals surface area contributed by atoms with Gasteiger partial charge >= 0.3 is 0 Å². The van der Waals surface area contributed by atoms with E-state index in [1.165, 1.54) is 31.5 Å². The summed E-state index contributed by atoms with van der Waals surface area (Å²) in [5.41, 5.74) is 2.32. The molecular weight excluding hydrogens is 374 g/mol. The summed E-state index contributed by atoms with van der Waals surface area (Å²) in [6, 6.07) is 13.6. The van der Waals surface area contributed by atoms with Gasteiger partial charge in [0, 0.05) is 32.4 Å². The number of benzene rings is 1. The number of aliphatic imine (C=N–C) groups is 1. The third-order valence-corrected chi connectivity index (χ3v) is 5.78. The lowest BCUT2D eigenvalue weighted by Gasteiger charge is -2.30. The summed E-state index contributed by atoms with van der Waals surface area (Å²) in [7, 11) is 1.81. The fourth-order valence-electron chi connectivity index (χ4n) is 3.75. The van der Waals surface area contributed by atoms with Crippen LogP contribution in [0.25, 0.3) is 0 Å². The number of hydrogen-bond acceptors (Lipinski definition) is 3. The van der Waals surface area contributed by atoms with E-state index in [0.717, 1.165) is 43.5 Å². The Bertz CT molecular complexity index is 850. The Morgan fingerprint density at radius 3 is 2.50 bits per heavy atom. The summed E-state index contributed by atoms with van der Waals surface area (Å²) in [6.45, 7) is 8.22. The van der Waals surface area contributed by atoms with Crippen LogP contribution in [0.2, 0.25) is 0 Å². The maximum atomic E-state index is 11.8. The molecule has 1 aromatic heterocycles. The highest BCUT2D eigenvalue weighted by Gasteiger charge is 2.14. The minimum Gasteiger partial charge on any atom is -0.356 e. The lowest BCUT2D eigenvalue weighted by molar-refractivity contribution is 0.191. The van der Waals surface area contributed by atoms with E-state index in [2.05, 4.69) is 51.7 Å². The molecule has 1 aliphatic heterocycles. The van der Waals surface area contributed by atoms with Crippen molar-refractivity contribution < 1.29 is 0 Å². The lowest BCUT2D eigenvalue weighted by atomic mass is 9.99. The van der Waals surface area contributed by atoms with E-state index >= 15 is 0 Å². The molecule has 0 spiro atoms. The van der Waals surface area contributed by atoms with Gasteiger partial charge in [-0.05, 0) is 62.0 Å². The first kappa shape index (κ1) is 22.1. The first-order valence-corrected chi connectivity index (χ1v) is 11.0. The highest BCUT2D eigenvalue weighted by molar-refractivity contribution is 5.79. The highest BCUT2D eigenvalue weighted by atomic mass is 16.1. The molecule has 6 nitrogen and oxygen atoms in total. The summed E-state index contributed by atoms with van der Waals surface area (Å²) in [6.07, 6.45) is 5.61. The van der Waals surface area contributed by atoms with Crippen LogP contribution in [-0.2, 0) is 13.1 Å². The molecule has 1 fully saturated rings. The largest absolute Gasteiger partial charge is 0.356 e. The van der Waals surface area contributed by atoms with E-state index in [4.69, 9.17) is 0 Å². The van der Waals surface area contributed by atoms with Crippen molar-refractivity contribution in [2.24, 2.45) is 10.9 Å². The molecule has 2 aromatic rings. The van der Waals surface area contributed by atoms with Gasteiger partial charge in [0.2, 0.25) is 0 Å². The Balaban J connectivity index is 1.37. The molecule has 1 aliphatic rings. The number of hydrogen-bond donors (Lipinski definition) is 2. The topological polar surface area (TPSA) is 61.7 Å². The first-order valence-electron chi connectivity index (χ1n) is 11.0. The van der Waals surface area contributed by atoms with Crippen molar-refractivity contribution in [2.45, 2.75) is 39.3 Å². The van der Waals surface area contributed by atoms with Crippen molar-refractivity contribution >= 4 is 5.96 Å². The van der Waals surface area contributed by atoms with Crippen molar-refractivity contribution in [3.8, 4) is 0 Å². The third kappa shape index (κ3) is 7.02. The Hall–Kier alpha value is -2.60. The summed E-state index contributed by atoms with van der Waals surface area (Å²) in [5.74, 6) is 1.72. The zero-order valence-electron chi connectivity index (χ0n) is 18.3. The predicted molar refractivity (Wildman–Crippen MR) is 124 cm³/mol. The van der Waals surface area contributed by atoms with Gasteiger partial charge in [-0.3, -0.25) is 9.79 Å². The number of guanidine groups is 1. The number of rotatable bonds is 8. The van der Waals surface area contributed by atoms with Gasteiger partial charge in [-0.2, -0.15) is 0 Å². The molecule has 0 atom stereocenters. The van der Waals surface area contributed by atoms with Gasteiger partial charge in [-0.25, -0.2) is 0 Å². The van der Waals surface area contributed by atoms with Crippen LogP contribution in [0.4, 0.5) is 0 Å². The fraction of sp³-hybridized carbons (Fsp3) is 0.500. The van der Waals surface area contributed by atoms with Crippen LogP contribution in [0, 0.1) is 5.92 Å². The molecule has 0 aliphatic carbocycles. The number of piperidine rings is 1. The van der Waals surface area contributed by atoms with Gasteiger partial charge in [0.05, 0.1) is 6.54 Å². The van der Waals surface area contributed by atoms with Crippen molar-refractivity contribution in [3.05, 3.63) is 70.1 Å². The van der Waals surface area contributed by atoms with Gasteiger partial charge in [0.15, 0.2) is 5.96 Å². The second kappa shape index (κ2) is 11.6. The lowest BCUT2D eigenvalue weighted by Crippen LogP contribution is -2.39. The normalized spacial score (nSPS) is 15.9. The zero-order chi connectivity index (χ0) is 21.2. The summed E-state index contributed by atoms with van der Waals surface area (Å²) in [5, 5.41) is 6.79.